The van der Waals surface area contributed by atoms with E-state index < -0.39 is 5.97 Å². The lowest BCUT2D eigenvalue weighted by Crippen LogP contribution is -2.47. The van der Waals surface area contributed by atoms with E-state index in [2.05, 4.69) is 17.6 Å². The molecule has 1 fully saturated rings. The van der Waals surface area contributed by atoms with Crippen LogP contribution in [0.3, 0.4) is 0 Å². The summed E-state index contributed by atoms with van der Waals surface area (Å²) in [6.07, 6.45) is 4.90. The Morgan fingerprint density at radius 2 is 1.90 bits per heavy atom. The molecule has 3 unspecified atom stereocenters. The Kier molecular flexibility index (Phi) is 6.82. The first-order valence-corrected chi connectivity index (χ1v) is 7.66. The highest BCUT2D eigenvalue weighted by Crippen LogP contribution is 2.28. The van der Waals surface area contributed by atoms with Crippen LogP contribution in [0.2, 0.25) is 0 Å². The lowest BCUT2D eigenvalue weighted by atomic mass is 9.80. The Morgan fingerprint density at radius 1 is 1.25 bits per heavy atom. The van der Waals surface area contributed by atoms with E-state index >= 15 is 0 Å². The second-order valence-corrected chi connectivity index (χ2v) is 6.32. The van der Waals surface area contributed by atoms with Crippen molar-refractivity contribution in [3.63, 3.8) is 0 Å². The second-order valence-electron chi connectivity index (χ2n) is 6.32. The fourth-order valence-electron chi connectivity index (χ4n) is 2.78. The normalized spacial score (nSPS) is 24.2. The van der Waals surface area contributed by atoms with Gasteiger partial charge in [-0.15, -0.1) is 0 Å². The fourth-order valence-corrected chi connectivity index (χ4v) is 2.78. The van der Waals surface area contributed by atoms with E-state index in [1.807, 2.05) is 13.8 Å². The van der Waals surface area contributed by atoms with Gasteiger partial charge in [0.15, 0.2) is 0 Å². The van der Waals surface area contributed by atoms with E-state index in [0.29, 0.717) is 18.4 Å². The number of urea groups is 1. The number of carbonyl (C=O) groups is 2. The lowest BCUT2D eigenvalue weighted by Gasteiger charge is -2.29. The monoisotopic (exact) mass is 284 g/mol. The molecule has 5 nitrogen and oxygen atoms in total. The molecule has 1 aliphatic carbocycles. The Bertz CT molecular complexity index is 331. The average molecular weight is 284 g/mol. The van der Waals surface area contributed by atoms with Crippen molar-refractivity contribution in [2.45, 2.75) is 58.9 Å². The molecule has 1 aliphatic rings. The van der Waals surface area contributed by atoms with Gasteiger partial charge < -0.3 is 15.7 Å². The molecule has 0 spiro atoms. The Labute approximate surface area is 121 Å². The van der Waals surface area contributed by atoms with Crippen LogP contribution in [0.5, 0.6) is 0 Å². The van der Waals surface area contributed by atoms with Crippen molar-refractivity contribution in [2.75, 3.05) is 6.54 Å². The molecular weight excluding hydrogens is 256 g/mol. The topological polar surface area (TPSA) is 78.4 Å². The average Bonchev–Trinajstić information content (AvgIpc) is 2.36. The van der Waals surface area contributed by atoms with Crippen molar-refractivity contribution in [3.8, 4) is 0 Å². The number of hydrogen-bond donors (Lipinski definition) is 3. The van der Waals surface area contributed by atoms with Gasteiger partial charge in [0.1, 0.15) is 0 Å². The van der Waals surface area contributed by atoms with E-state index in [9.17, 15) is 9.59 Å². The van der Waals surface area contributed by atoms with Gasteiger partial charge in [0.2, 0.25) is 0 Å². The minimum atomic E-state index is -0.884. The molecular formula is C15H28N2O3. The van der Waals surface area contributed by atoms with Crippen LogP contribution < -0.4 is 10.6 Å². The predicted molar refractivity (Wildman–Crippen MR) is 78.5 cm³/mol. The first kappa shape index (κ1) is 16.8. The molecule has 1 saturated carbocycles. The smallest absolute Gasteiger partial charge is 0.315 e. The number of amides is 2. The van der Waals surface area contributed by atoms with Gasteiger partial charge in [0.25, 0.3) is 0 Å². The van der Waals surface area contributed by atoms with Gasteiger partial charge in [-0.2, -0.15) is 0 Å². The maximum atomic E-state index is 11.9. The molecule has 5 heteroatoms. The molecule has 0 aromatic rings. The van der Waals surface area contributed by atoms with Crippen LogP contribution in [0.15, 0.2) is 0 Å². The number of nitrogens with one attached hydrogen (secondary N) is 2. The SMILES string of the molecule is CC(C)C(CC(=O)O)NC(=O)NCC1CCCCC1C. The van der Waals surface area contributed by atoms with Gasteiger partial charge in [-0.25, -0.2) is 4.79 Å². The molecule has 0 aromatic carbocycles. The van der Waals surface area contributed by atoms with Crippen LogP contribution in [0.25, 0.3) is 0 Å². The minimum Gasteiger partial charge on any atom is -0.481 e. The van der Waals surface area contributed by atoms with E-state index in [0.717, 1.165) is 0 Å². The summed E-state index contributed by atoms with van der Waals surface area (Å²) in [6.45, 7) is 6.75. The molecule has 0 aromatic heterocycles. The zero-order chi connectivity index (χ0) is 15.1. The van der Waals surface area contributed by atoms with Crippen LogP contribution in [0.1, 0.15) is 52.9 Å². The van der Waals surface area contributed by atoms with Crippen LogP contribution in [0.4, 0.5) is 4.79 Å². The molecule has 3 N–H and O–H groups in total. The molecule has 0 radical (unpaired) electrons. The van der Waals surface area contributed by atoms with E-state index in [1.54, 1.807) is 0 Å². The first-order chi connectivity index (χ1) is 9.40. The van der Waals surface area contributed by atoms with Crippen molar-refractivity contribution in [2.24, 2.45) is 17.8 Å². The van der Waals surface area contributed by atoms with Gasteiger partial charge in [-0.3, -0.25) is 4.79 Å². The molecule has 2 amide bonds. The number of hydrogen-bond acceptors (Lipinski definition) is 2. The maximum absolute atomic E-state index is 11.9. The van der Waals surface area contributed by atoms with Crippen LogP contribution in [-0.4, -0.2) is 29.7 Å². The summed E-state index contributed by atoms with van der Waals surface area (Å²) in [5.41, 5.74) is 0. The van der Waals surface area contributed by atoms with E-state index in [4.69, 9.17) is 5.11 Å². The van der Waals surface area contributed by atoms with Gasteiger partial charge in [0.05, 0.1) is 6.42 Å². The Morgan fingerprint density at radius 3 is 2.45 bits per heavy atom. The quantitative estimate of drug-likeness (QED) is 0.701. The molecule has 116 valence electrons. The zero-order valence-corrected chi connectivity index (χ0v) is 12.8. The molecule has 0 aliphatic heterocycles. The van der Waals surface area contributed by atoms with Gasteiger partial charge in [0, 0.05) is 12.6 Å². The first-order valence-electron chi connectivity index (χ1n) is 7.66. The van der Waals surface area contributed by atoms with E-state index in [-0.39, 0.29) is 24.4 Å². The summed E-state index contributed by atoms with van der Waals surface area (Å²) in [6, 6.07) is -0.570. The van der Waals surface area contributed by atoms with Gasteiger partial charge in [-0.05, 0) is 24.2 Å². The molecule has 0 bridgehead atoms. The third-order valence-electron chi connectivity index (χ3n) is 4.33. The Hall–Kier alpha value is -1.26. The summed E-state index contributed by atoms with van der Waals surface area (Å²) in [4.78, 5) is 22.6. The Balaban J connectivity index is 2.35. The maximum Gasteiger partial charge on any atom is 0.315 e. The van der Waals surface area contributed by atoms with Crippen LogP contribution in [0, 0.1) is 17.8 Å². The van der Waals surface area contributed by atoms with E-state index in [1.165, 1.54) is 25.7 Å². The van der Waals surface area contributed by atoms with Crippen molar-refractivity contribution < 1.29 is 14.7 Å². The number of carbonyl (C=O) groups excluding carboxylic acids is 1. The van der Waals surface area contributed by atoms with Crippen molar-refractivity contribution >= 4 is 12.0 Å². The molecule has 1 rings (SSSR count). The summed E-state index contributed by atoms with van der Waals surface area (Å²) in [7, 11) is 0. The predicted octanol–water partition coefficient (Wildman–Crippen LogP) is 2.61. The number of aliphatic carboxylic acids is 1. The third-order valence-corrected chi connectivity index (χ3v) is 4.33. The molecule has 0 saturated heterocycles. The summed E-state index contributed by atoms with van der Waals surface area (Å²) in [5, 5.41) is 14.5. The highest BCUT2D eigenvalue weighted by Gasteiger charge is 2.23. The minimum absolute atomic E-state index is 0.0368. The number of carboxylic acids is 1. The highest BCUT2D eigenvalue weighted by atomic mass is 16.4. The highest BCUT2D eigenvalue weighted by molar-refractivity contribution is 5.75. The van der Waals surface area contributed by atoms with Crippen molar-refractivity contribution in [3.05, 3.63) is 0 Å². The molecule has 20 heavy (non-hydrogen) atoms. The van der Waals surface area contributed by atoms with Crippen LogP contribution >= 0.6 is 0 Å². The van der Waals surface area contributed by atoms with Crippen molar-refractivity contribution in [1.29, 1.82) is 0 Å². The second kappa shape index (κ2) is 8.12. The van der Waals surface area contributed by atoms with Gasteiger partial charge in [-0.1, -0.05) is 40.0 Å². The number of rotatable bonds is 6. The third kappa shape index (κ3) is 5.80. The molecule has 0 heterocycles. The summed E-state index contributed by atoms with van der Waals surface area (Å²) in [5.74, 6) is 0.422. The summed E-state index contributed by atoms with van der Waals surface area (Å²) >= 11 is 0. The van der Waals surface area contributed by atoms with Gasteiger partial charge >= 0.3 is 12.0 Å². The largest absolute Gasteiger partial charge is 0.481 e. The number of carboxylic acid groups (broad SMARTS) is 1. The fraction of sp³-hybridized carbons (Fsp3) is 0.867. The van der Waals surface area contributed by atoms with Crippen molar-refractivity contribution in [1.82, 2.24) is 10.6 Å². The lowest BCUT2D eigenvalue weighted by molar-refractivity contribution is -0.137. The molecule has 3 atom stereocenters. The zero-order valence-electron chi connectivity index (χ0n) is 12.8. The summed E-state index contributed by atoms with van der Waals surface area (Å²) < 4.78 is 0. The van der Waals surface area contributed by atoms with Crippen LogP contribution in [-0.2, 0) is 4.79 Å². The standard InChI is InChI=1S/C15H28N2O3/c1-10(2)13(8-14(18)19)17-15(20)16-9-12-7-5-4-6-11(12)3/h10-13H,4-9H2,1-3H3,(H,18,19)(H2,16,17,20).